The van der Waals surface area contributed by atoms with E-state index in [1.54, 1.807) is 13.0 Å². The van der Waals surface area contributed by atoms with Gasteiger partial charge in [0.15, 0.2) is 11.5 Å². The van der Waals surface area contributed by atoms with E-state index in [1.165, 1.54) is 0 Å². The first-order chi connectivity index (χ1) is 9.69. The maximum absolute atomic E-state index is 11.3. The zero-order valence-electron chi connectivity index (χ0n) is 11.8. The third kappa shape index (κ3) is 2.46. The van der Waals surface area contributed by atoms with Crippen LogP contribution in [0.5, 0.6) is 11.5 Å². The molecule has 0 saturated carbocycles. The molecule has 0 radical (unpaired) electrons. The number of alkyl halides is 1. The van der Waals surface area contributed by atoms with E-state index < -0.39 is 17.7 Å². The number of aryl methyl sites for hydroxylation is 1. The molecule has 0 amide bonds. The van der Waals surface area contributed by atoms with E-state index in [1.807, 2.05) is 13.8 Å². The molecule has 0 aliphatic carbocycles. The molecule has 1 aliphatic rings. The highest BCUT2D eigenvalue weighted by atomic mass is 79.9. The van der Waals surface area contributed by atoms with Crippen LogP contribution in [0.25, 0.3) is 0 Å². The van der Waals surface area contributed by atoms with Gasteiger partial charge in [-0.25, -0.2) is 9.59 Å². The Morgan fingerprint density at radius 1 is 1.29 bits per heavy atom. The van der Waals surface area contributed by atoms with Gasteiger partial charge in [0, 0.05) is 4.83 Å². The van der Waals surface area contributed by atoms with Crippen LogP contribution in [-0.2, 0) is 16.0 Å². The van der Waals surface area contributed by atoms with E-state index in [0.717, 1.165) is 11.1 Å². The smallest absolute Gasteiger partial charge is 0.453 e. The molecule has 1 aromatic carbocycles. The van der Waals surface area contributed by atoms with Crippen LogP contribution in [0.15, 0.2) is 6.07 Å². The first-order valence-corrected chi connectivity index (χ1v) is 7.22. The lowest BCUT2D eigenvalue weighted by atomic mass is 9.97. The fraction of sp³-hybridized carbons (Fsp3) is 0.429. The van der Waals surface area contributed by atoms with Crippen LogP contribution in [0.3, 0.4) is 0 Å². The number of hydrogen-bond acceptors (Lipinski definition) is 4. The molecule has 0 fully saturated rings. The number of benzene rings is 1. The summed E-state index contributed by atoms with van der Waals surface area (Å²) in [7, 11) is 0. The minimum atomic E-state index is -2.71. The molecule has 1 aliphatic heterocycles. The number of aliphatic carboxylic acids is 2. The van der Waals surface area contributed by atoms with Crippen molar-refractivity contribution in [2.45, 2.75) is 37.8 Å². The van der Waals surface area contributed by atoms with Crippen molar-refractivity contribution >= 4 is 27.9 Å². The molecule has 0 bridgehead atoms. The second-order valence-corrected chi connectivity index (χ2v) is 6.60. The highest BCUT2D eigenvalue weighted by Gasteiger charge is 2.58. The first-order valence-electron chi connectivity index (χ1n) is 6.31. The summed E-state index contributed by atoms with van der Waals surface area (Å²) in [4.78, 5) is 22.7. The number of carboxylic acid groups (broad SMARTS) is 2. The van der Waals surface area contributed by atoms with Crippen LogP contribution in [0.2, 0.25) is 0 Å². The first kappa shape index (κ1) is 15.6. The normalized spacial score (nSPS) is 16.6. The van der Waals surface area contributed by atoms with Crippen molar-refractivity contribution in [1.82, 2.24) is 0 Å². The second kappa shape index (κ2) is 5.22. The number of ether oxygens (including phenoxy) is 2. The summed E-state index contributed by atoms with van der Waals surface area (Å²) in [5.41, 5.74) is 2.57. The Hall–Kier alpha value is -1.76. The van der Waals surface area contributed by atoms with Crippen molar-refractivity contribution in [3.63, 3.8) is 0 Å². The Balaban J connectivity index is 2.53. The van der Waals surface area contributed by atoms with Gasteiger partial charge in [-0.15, -0.1) is 0 Å². The lowest BCUT2D eigenvalue weighted by molar-refractivity contribution is -0.194. The van der Waals surface area contributed by atoms with E-state index in [0.29, 0.717) is 12.0 Å². The molecule has 114 valence electrons. The van der Waals surface area contributed by atoms with Gasteiger partial charge in [0.2, 0.25) is 0 Å². The van der Waals surface area contributed by atoms with Crippen LogP contribution in [0.1, 0.15) is 23.6 Å². The summed E-state index contributed by atoms with van der Waals surface area (Å²) in [6, 6.07) is 1.61. The molecule has 1 aromatic rings. The summed E-state index contributed by atoms with van der Waals surface area (Å²) >= 11 is 3.47. The molecule has 1 atom stereocenters. The number of rotatable bonds is 4. The number of fused-ring (bicyclic) bond motifs is 1. The molecule has 0 spiro atoms. The molecule has 21 heavy (non-hydrogen) atoms. The summed E-state index contributed by atoms with van der Waals surface area (Å²) in [6.07, 6.45) is 0.710. The molecule has 2 rings (SSSR count). The Morgan fingerprint density at radius 2 is 1.86 bits per heavy atom. The van der Waals surface area contributed by atoms with E-state index in [4.69, 9.17) is 19.7 Å². The van der Waals surface area contributed by atoms with Crippen molar-refractivity contribution in [2.75, 3.05) is 0 Å². The van der Waals surface area contributed by atoms with Crippen molar-refractivity contribution in [2.24, 2.45) is 0 Å². The maximum Gasteiger partial charge on any atom is 0.453 e. The van der Waals surface area contributed by atoms with E-state index in [2.05, 4.69) is 15.9 Å². The lowest BCUT2D eigenvalue weighted by Gasteiger charge is -2.17. The van der Waals surface area contributed by atoms with Crippen LogP contribution in [-0.4, -0.2) is 32.8 Å². The van der Waals surface area contributed by atoms with Gasteiger partial charge in [-0.05, 0) is 43.0 Å². The maximum atomic E-state index is 11.3. The highest BCUT2D eigenvalue weighted by Crippen LogP contribution is 2.45. The zero-order chi connectivity index (χ0) is 15.9. The van der Waals surface area contributed by atoms with Gasteiger partial charge in [0.05, 0.1) is 0 Å². The number of carbonyl (C=O) groups is 2. The van der Waals surface area contributed by atoms with Gasteiger partial charge in [-0.3, -0.25) is 0 Å². The number of halogens is 1. The molecule has 0 saturated heterocycles. The minimum Gasteiger partial charge on any atom is -0.475 e. The summed E-state index contributed by atoms with van der Waals surface area (Å²) < 4.78 is 10.3. The lowest BCUT2D eigenvalue weighted by Crippen LogP contribution is -2.54. The van der Waals surface area contributed by atoms with Crippen LogP contribution >= 0.6 is 15.9 Å². The van der Waals surface area contributed by atoms with Gasteiger partial charge in [-0.1, -0.05) is 22.9 Å². The van der Waals surface area contributed by atoms with E-state index in [-0.39, 0.29) is 16.3 Å². The standard InChI is InChI=1S/C14H15BrO6/c1-6-4-10-11(8(3)9(6)5-7(2)15)21-14(20-10,12(16)17)13(18)19/h4,7H,5H2,1-3H3,(H,16,17)(H,18,19)/t7-/m0/s1. The zero-order valence-corrected chi connectivity index (χ0v) is 13.4. The third-order valence-corrected chi connectivity index (χ3v) is 3.71. The average molecular weight is 359 g/mol. The van der Waals surface area contributed by atoms with Gasteiger partial charge < -0.3 is 19.7 Å². The molecular weight excluding hydrogens is 344 g/mol. The fourth-order valence-corrected chi connectivity index (χ4v) is 2.67. The van der Waals surface area contributed by atoms with Crippen molar-refractivity contribution in [1.29, 1.82) is 0 Å². The molecule has 0 unspecified atom stereocenters. The third-order valence-electron chi connectivity index (χ3n) is 3.39. The predicted molar refractivity (Wildman–Crippen MR) is 77.3 cm³/mol. The monoisotopic (exact) mass is 358 g/mol. The van der Waals surface area contributed by atoms with Gasteiger partial charge in [-0.2, -0.15) is 0 Å². The Kier molecular flexibility index (Phi) is 3.88. The quantitative estimate of drug-likeness (QED) is 0.633. The summed E-state index contributed by atoms with van der Waals surface area (Å²) in [6.45, 7) is 5.62. The number of hydrogen-bond donors (Lipinski definition) is 2. The van der Waals surface area contributed by atoms with Gasteiger partial charge in [0.1, 0.15) is 0 Å². The van der Waals surface area contributed by atoms with Gasteiger partial charge >= 0.3 is 17.7 Å². The molecule has 0 aromatic heterocycles. The number of carboxylic acids is 2. The largest absolute Gasteiger partial charge is 0.475 e. The molecule has 7 heteroatoms. The van der Waals surface area contributed by atoms with E-state index >= 15 is 0 Å². The Morgan fingerprint density at radius 3 is 2.33 bits per heavy atom. The van der Waals surface area contributed by atoms with Crippen molar-refractivity contribution in [3.05, 3.63) is 22.8 Å². The van der Waals surface area contributed by atoms with Crippen LogP contribution in [0, 0.1) is 13.8 Å². The molecule has 6 nitrogen and oxygen atoms in total. The highest BCUT2D eigenvalue weighted by molar-refractivity contribution is 9.09. The van der Waals surface area contributed by atoms with Gasteiger partial charge in [0.25, 0.3) is 0 Å². The fourth-order valence-electron chi connectivity index (χ4n) is 2.35. The summed E-state index contributed by atoms with van der Waals surface area (Å²) in [5.74, 6) is -5.79. The van der Waals surface area contributed by atoms with Crippen LogP contribution in [0.4, 0.5) is 0 Å². The van der Waals surface area contributed by atoms with Crippen molar-refractivity contribution < 1.29 is 29.3 Å². The van der Waals surface area contributed by atoms with Crippen molar-refractivity contribution in [3.8, 4) is 11.5 Å². The predicted octanol–water partition coefficient (Wildman–Crippen LogP) is 2.27. The second-order valence-electron chi connectivity index (χ2n) is 5.04. The average Bonchev–Trinajstić information content (AvgIpc) is 2.75. The topological polar surface area (TPSA) is 93.1 Å². The minimum absolute atomic E-state index is 0.140. The molecule has 1 heterocycles. The van der Waals surface area contributed by atoms with Crippen LogP contribution < -0.4 is 9.47 Å². The molecular formula is C14H15BrO6. The molecule has 2 N–H and O–H groups in total. The SMILES string of the molecule is Cc1cc2c(c(C)c1C[C@H](C)Br)OC(C(=O)O)(C(=O)O)O2. The van der Waals surface area contributed by atoms with E-state index in [9.17, 15) is 9.59 Å². The Bertz CT molecular complexity index is 608. The Labute approximate surface area is 129 Å². The summed E-state index contributed by atoms with van der Waals surface area (Å²) in [5, 5.41) is 18.3.